The number of aromatic hydroxyl groups is 1. The van der Waals surface area contributed by atoms with Gasteiger partial charge in [0.25, 0.3) is 5.91 Å². The number of hydrogen-bond acceptors (Lipinski definition) is 4. The topological polar surface area (TPSA) is 77.9 Å². The molecule has 2 aromatic carbocycles. The number of carbonyl (C=O) groups excluding carboxylic acids is 1. The maximum absolute atomic E-state index is 13.0. The molecule has 6 nitrogen and oxygen atoms in total. The van der Waals surface area contributed by atoms with Crippen LogP contribution in [-0.2, 0) is 10.0 Å². The lowest BCUT2D eigenvalue weighted by Crippen LogP contribution is -2.50. The molecule has 2 aromatic rings. The Hall–Kier alpha value is -2.38. The predicted octanol–water partition coefficient (Wildman–Crippen LogP) is 2.46. The van der Waals surface area contributed by atoms with Crippen LogP contribution in [0.4, 0.5) is 0 Å². The fourth-order valence-electron chi connectivity index (χ4n) is 3.25. The van der Waals surface area contributed by atoms with Crippen molar-refractivity contribution < 1.29 is 18.3 Å². The number of sulfonamides is 1. The van der Waals surface area contributed by atoms with Crippen molar-refractivity contribution in [1.29, 1.82) is 0 Å². The van der Waals surface area contributed by atoms with Crippen molar-refractivity contribution in [1.82, 2.24) is 9.21 Å². The summed E-state index contributed by atoms with van der Waals surface area (Å²) in [7, 11) is -3.60. The molecule has 1 saturated heterocycles. The molecule has 1 fully saturated rings. The second-order valence-electron chi connectivity index (χ2n) is 6.99. The van der Waals surface area contributed by atoms with Gasteiger partial charge in [0, 0.05) is 26.2 Å². The van der Waals surface area contributed by atoms with Crippen LogP contribution in [0.2, 0.25) is 0 Å². The highest BCUT2D eigenvalue weighted by Crippen LogP contribution is 2.24. The molecule has 0 radical (unpaired) electrons. The normalized spacial score (nSPS) is 15.7. The van der Waals surface area contributed by atoms with Gasteiger partial charge in [-0.1, -0.05) is 18.2 Å². The van der Waals surface area contributed by atoms with Gasteiger partial charge < -0.3 is 10.0 Å². The minimum absolute atomic E-state index is 0.0505. The zero-order chi connectivity index (χ0) is 19.8. The minimum Gasteiger partial charge on any atom is -0.507 e. The summed E-state index contributed by atoms with van der Waals surface area (Å²) < 4.78 is 27.4. The van der Waals surface area contributed by atoms with Crippen LogP contribution in [0.5, 0.6) is 5.75 Å². The van der Waals surface area contributed by atoms with Crippen molar-refractivity contribution in [3.05, 3.63) is 58.7 Å². The van der Waals surface area contributed by atoms with Crippen LogP contribution in [-0.4, -0.2) is 54.8 Å². The van der Waals surface area contributed by atoms with E-state index in [9.17, 15) is 18.3 Å². The molecular formula is C20H24N2O4S. The van der Waals surface area contributed by atoms with Crippen molar-refractivity contribution in [2.24, 2.45) is 0 Å². The van der Waals surface area contributed by atoms with Gasteiger partial charge in [-0.15, -0.1) is 0 Å². The van der Waals surface area contributed by atoms with E-state index in [1.165, 1.54) is 4.31 Å². The Balaban J connectivity index is 1.75. The molecule has 1 aliphatic heterocycles. The Morgan fingerprint density at radius 3 is 2.15 bits per heavy atom. The van der Waals surface area contributed by atoms with Crippen molar-refractivity contribution >= 4 is 15.9 Å². The molecule has 1 N–H and O–H groups in total. The third-order valence-corrected chi connectivity index (χ3v) is 6.91. The number of phenols is 1. The van der Waals surface area contributed by atoms with Crippen LogP contribution in [0.15, 0.2) is 41.3 Å². The number of carbonyl (C=O) groups is 1. The molecule has 0 spiro atoms. The number of piperazine rings is 1. The lowest BCUT2D eigenvalue weighted by atomic mass is 10.1. The number of rotatable bonds is 3. The SMILES string of the molecule is Cc1ccc(C(=O)N2CCN(S(=O)(=O)c3cc(C)ccc3C)CC2)c(O)c1. The minimum atomic E-state index is -3.60. The summed E-state index contributed by atoms with van der Waals surface area (Å²) in [6.45, 7) is 6.52. The lowest BCUT2D eigenvalue weighted by molar-refractivity contribution is 0.0695. The molecule has 0 saturated carbocycles. The maximum atomic E-state index is 13.0. The average molecular weight is 388 g/mol. The first-order valence-electron chi connectivity index (χ1n) is 8.86. The van der Waals surface area contributed by atoms with Crippen molar-refractivity contribution in [2.75, 3.05) is 26.2 Å². The van der Waals surface area contributed by atoms with E-state index in [1.807, 2.05) is 26.0 Å². The van der Waals surface area contributed by atoms with Gasteiger partial charge in [-0.2, -0.15) is 4.31 Å². The first-order chi connectivity index (χ1) is 12.7. The van der Waals surface area contributed by atoms with Crippen LogP contribution in [0, 0.1) is 20.8 Å². The van der Waals surface area contributed by atoms with E-state index in [4.69, 9.17) is 0 Å². The van der Waals surface area contributed by atoms with E-state index in [2.05, 4.69) is 0 Å². The molecule has 0 aliphatic carbocycles. The number of amides is 1. The molecule has 0 atom stereocenters. The van der Waals surface area contributed by atoms with Gasteiger partial charge in [0.15, 0.2) is 0 Å². The number of hydrogen-bond donors (Lipinski definition) is 1. The Kier molecular flexibility index (Phi) is 5.26. The Bertz CT molecular complexity index is 977. The third kappa shape index (κ3) is 3.84. The zero-order valence-electron chi connectivity index (χ0n) is 15.8. The standard InChI is InChI=1S/C20H24N2O4S/c1-14-5-7-17(18(23)12-14)20(24)21-8-10-22(11-9-21)27(25,26)19-13-15(2)4-6-16(19)3/h4-7,12-13,23H,8-11H2,1-3H3. The summed E-state index contributed by atoms with van der Waals surface area (Å²) in [5, 5.41) is 10.0. The molecule has 144 valence electrons. The molecule has 0 aromatic heterocycles. The molecule has 1 heterocycles. The molecule has 0 bridgehead atoms. The molecule has 0 unspecified atom stereocenters. The summed E-state index contributed by atoms with van der Waals surface area (Å²) in [5.74, 6) is -0.332. The number of aryl methyl sites for hydroxylation is 3. The predicted molar refractivity (Wildman–Crippen MR) is 103 cm³/mol. The second kappa shape index (κ2) is 7.32. The summed E-state index contributed by atoms with van der Waals surface area (Å²) in [4.78, 5) is 14.6. The fraction of sp³-hybridized carbons (Fsp3) is 0.350. The van der Waals surface area contributed by atoms with E-state index in [-0.39, 0.29) is 43.4 Å². The van der Waals surface area contributed by atoms with Gasteiger partial charge in [0.1, 0.15) is 5.75 Å². The molecule has 3 rings (SSSR count). The summed E-state index contributed by atoms with van der Waals surface area (Å²) in [6.07, 6.45) is 0. The van der Waals surface area contributed by atoms with Gasteiger partial charge in [0.05, 0.1) is 10.5 Å². The summed E-state index contributed by atoms with van der Waals surface area (Å²) in [5.41, 5.74) is 2.71. The first-order valence-corrected chi connectivity index (χ1v) is 10.3. The van der Waals surface area contributed by atoms with Crippen molar-refractivity contribution in [2.45, 2.75) is 25.7 Å². The lowest BCUT2D eigenvalue weighted by Gasteiger charge is -2.34. The molecular weight excluding hydrogens is 364 g/mol. The number of phenolic OH excluding ortho intramolecular Hbond substituents is 1. The van der Waals surface area contributed by atoms with Crippen molar-refractivity contribution in [3.8, 4) is 5.75 Å². The summed E-state index contributed by atoms with van der Waals surface area (Å²) in [6, 6.07) is 10.3. The molecule has 7 heteroatoms. The van der Waals surface area contributed by atoms with Crippen LogP contribution >= 0.6 is 0 Å². The van der Waals surface area contributed by atoms with E-state index in [0.29, 0.717) is 10.5 Å². The quantitative estimate of drug-likeness (QED) is 0.876. The van der Waals surface area contributed by atoms with Crippen molar-refractivity contribution in [3.63, 3.8) is 0 Å². The van der Waals surface area contributed by atoms with Crippen LogP contribution in [0.3, 0.4) is 0 Å². The zero-order valence-corrected chi connectivity index (χ0v) is 16.6. The van der Waals surface area contributed by atoms with Crippen LogP contribution in [0.25, 0.3) is 0 Å². The van der Waals surface area contributed by atoms with Crippen LogP contribution in [0.1, 0.15) is 27.0 Å². The van der Waals surface area contributed by atoms with E-state index in [0.717, 1.165) is 11.1 Å². The average Bonchev–Trinajstić information content (AvgIpc) is 2.63. The number of nitrogens with zero attached hydrogens (tertiary/aromatic N) is 2. The second-order valence-corrected chi connectivity index (χ2v) is 8.89. The Labute approximate surface area is 160 Å². The van der Waals surface area contributed by atoms with Gasteiger partial charge in [-0.25, -0.2) is 8.42 Å². The van der Waals surface area contributed by atoms with Gasteiger partial charge in [-0.3, -0.25) is 4.79 Å². The third-order valence-electron chi connectivity index (χ3n) is 4.87. The van der Waals surface area contributed by atoms with Gasteiger partial charge in [0.2, 0.25) is 10.0 Å². The molecule has 1 amide bonds. The first kappa shape index (κ1) is 19.4. The Morgan fingerprint density at radius 1 is 0.926 bits per heavy atom. The van der Waals surface area contributed by atoms with Gasteiger partial charge in [-0.05, 0) is 55.7 Å². The number of benzene rings is 2. The Morgan fingerprint density at radius 2 is 1.52 bits per heavy atom. The van der Waals surface area contributed by atoms with E-state index >= 15 is 0 Å². The summed E-state index contributed by atoms with van der Waals surface area (Å²) >= 11 is 0. The van der Waals surface area contributed by atoms with Crippen LogP contribution < -0.4 is 0 Å². The highest BCUT2D eigenvalue weighted by molar-refractivity contribution is 7.89. The smallest absolute Gasteiger partial charge is 0.257 e. The largest absolute Gasteiger partial charge is 0.507 e. The fourth-order valence-corrected chi connectivity index (χ4v) is 4.98. The highest BCUT2D eigenvalue weighted by atomic mass is 32.2. The highest BCUT2D eigenvalue weighted by Gasteiger charge is 2.31. The van der Waals surface area contributed by atoms with Gasteiger partial charge >= 0.3 is 0 Å². The maximum Gasteiger partial charge on any atom is 0.257 e. The van der Waals surface area contributed by atoms with E-state index in [1.54, 1.807) is 36.1 Å². The molecule has 1 aliphatic rings. The molecule has 27 heavy (non-hydrogen) atoms. The monoisotopic (exact) mass is 388 g/mol. The van der Waals surface area contributed by atoms with E-state index < -0.39 is 10.0 Å².